The minimum atomic E-state index is -0.840. The maximum atomic E-state index is 10.8. The maximum absolute atomic E-state index is 10.8. The van der Waals surface area contributed by atoms with Crippen LogP contribution < -0.4 is 9.47 Å². The molecule has 0 saturated heterocycles. The van der Waals surface area contributed by atoms with E-state index in [9.17, 15) is 15.3 Å². The van der Waals surface area contributed by atoms with Crippen molar-refractivity contribution in [2.45, 2.75) is 76.0 Å². The van der Waals surface area contributed by atoms with Crippen LogP contribution in [0.15, 0.2) is 60.7 Å². The largest absolute Gasteiger partial charge is 0.489 e. The van der Waals surface area contributed by atoms with E-state index < -0.39 is 17.8 Å². The fourth-order valence-corrected chi connectivity index (χ4v) is 4.85. The van der Waals surface area contributed by atoms with Crippen LogP contribution >= 0.6 is 0 Å². The van der Waals surface area contributed by atoms with Gasteiger partial charge in [0, 0.05) is 23.8 Å². The minimum absolute atomic E-state index is 0.0492. The molecule has 0 spiro atoms. The summed E-state index contributed by atoms with van der Waals surface area (Å²) in [6, 6.07) is 15.6. The molecule has 0 radical (unpaired) electrons. The van der Waals surface area contributed by atoms with Crippen LogP contribution in [0.5, 0.6) is 11.5 Å². The summed E-state index contributed by atoms with van der Waals surface area (Å²) in [7, 11) is 0. The second-order valence-corrected chi connectivity index (χ2v) is 9.63. The third kappa shape index (κ3) is 4.70. The van der Waals surface area contributed by atoms with E-state index in [-0.39, 0.29) is 24.0 Å². The van der Waals surface area contributed by atoms with Gasteiger partial charge >= 0.3 is 0 Å². The molecule has 172 valence electrons. The summed E-state index contributed by atoms with van der Waals surface area (Å²) < 4.78 is 12.3. The van der Waals surface area contributed by atoms with Gasteiger partial charge in [0.1, 0.15) is 29.3 Å². The van der Waals surface area contributed by atoms with E-state index in [0.717, 1.165) is 23.3 Å². The Morgan fingerprint density at radius 3 is 2.59 bits per heavy atom. The molecule has 0 bridgehead atoms. The highest BCUT2D eigenvalue weighted by atomic mass is 16.5. The Balaban J connectivity index is 1.50. The highest BCUT2D eigenvalue weighted by molar-refractivity contribution is 5.49. The number of ether oxygens (including phenoxy) is 2. The van der Waals surface area contributed by atoms with Crippen molar-refractivity contribution in [3.8, 4) is 11.5 Å². The zero-order valence-corrected chi connectivity index (χ0v) is 19.0. The molecule has 0 aromatic heterocycles. The van der Waals surface area contributed by atoms with Crippen LogP contribution in [0, 0.1) is 5.92 Å². The average molecular weight is 439 g/mol. The van der Waals surface area contributed by atoms with Gasteiger partial charge in [-0.15, -0.1) is 0 Å². The van der Waals surface area contributed by atoms with Crippen molar-refractivity contribution in [3.63, 3.8) is 0 Å². The number of para-hydroxylation sites is 2. The Labute approximate surface area is 190 Å². The highest BCUT2D eigenvalue weighted by Crippen LogP contribution is 2.52. The van der Waals surface area contributed by atoms with E-state index in [1.807, 2.05) is 56.3 Å². The molecule has 5 heteroatoms. The molecule has 6 atom stereocenters. The van der Waals surface area contributed by atoms with E-state index >= 15 is 0 Å². The summed E-state index contributed by atoms with van der Waals surface area (Å²) in [5.74, 6) is 1.51. The molecular weight excluding hydrogens is 404 g/mol. The average Bonchev–Trinajstić information content (AvgIpc) is 3.25. The van der Waals surface area contributed by atoms with E-state index in [1.165, 1.54) is 0 Å². The fraction of sp³-hybridized carbons (Fsp3) is 0.481. The lowest BCUT2D eigenvalue weighted by Gasteiger charge is -2.30. The summed E-state index contributed by atoms with van der Waals surface area (Å²) >= 11 is 0. The lowest BCUT2D eigenvalue weighted by molar-refractivity contribution is -0.00221. The first-order valence-corrected chi connectivity index (χ1v) is 11.5. The van der Waals surface area contributed by atoms with Crippen molar-refractivity contribution < 1.29 is 24.8 Å². The normalized spacial score (nSPS) is 26.4. The first-order valence-electron chi connectivity index (χ1n) is 11.5. The van der Waals surface area contributed by atoms with Crippen LogP contribution in [-0.2, 0) is 6.42 Å². The number of aliphatic hydroxyl groups excluding tert-OH is 3. The van der Waals surface area contributed by atoms with Gasteiger partial charge in [-0.25, -0.2) is 0 Å². The standard InChI is InChI=1S/C27H34O5/c1-17(28)12-13-18-8-7-11-21-25-20(22(29)16-23(25)31-26(18)21)14-15-24(30)27(2,3)32-19-9-5-4-6-10-19/h4-11,14-15,17,20,22-25,28-30H,12-13,16H2,1-3H3/b15-14+/t17?,20?,22-,23+,24-,25+/m1/s1. The molecule has 1 heterocycles. The van der Waals surface area contributed by atoms with Crippen LogP contribution in [0.1, 0.15) is 50.7 Å². The molecule has 4 rings (SSSR count). The first kappa shape index (κ1) is 22.8. The molecule has 2 unspecified atom stereocenters. The Bertz CT molecular complexity index is 936. The molecule has 1 aliphatic heterocycles. The van der Waals surface area contributed by atoms with Gasteiger partial charge in [-0.05, 0) is 51.3 Å². The van der Waals surface area contributed by atoms with Crippen LogP contribution in [-0.4, -0.2) is 45.3 Å². The molecule has 1 saturated carbocycles. The second kappa shape index (κ2) is 9.26. The topological polar surface area (TPSA) is 79.2 Å². The Kier molecular flexibility index (Phi) is 6.61. The van der Waals surface area contributed by atoms with Crippen molar-refractivity contribution in [1.82, 2.24) is 0 Å². The van der Waals surface area contributed by atoms with Gasteiger partial charge in [0.2, 0.25) is 0 Å². The molecule has 3 N–H and O–H groups in total. The molecule has 2 aromatic rings. The van der Waals surface area contributed by atoms with Gasteiger partial charge in [-0.2, -0.15) is 0 Å². The van der Waals surface area contributed by atoms with E-state index in [4.69, 9.17) is 9.47 Å². The van der Waals surface area contributed by atoms with Crippen LogP contribution in [0.2, 0.25) is 0 Å². The minimum Gasteiger partial charge on any atom is -0.489 e. The SMILES string of the molecule is CC(O)CCc1cccc2c1O[C@H]1C[C@@H](O)C(/C=C/[C@@H](O)C(C)(C)Oc3ccccc3)[C@@H]21. The van der Waals surface area contributed by atoms with Crippen LogP contribution in [0.4, 0.5) is 0 Å². The number of fused-ring (bicyclic) bond motifs is 3. The lowest BCUT2D eigenvalue weighted by Crippen LogP contribution is -2.41. The molecule has 1 fully saturated rings. The number of hydrogen-bond donors (Lipinski definition) is 3. The number of rotatable bonds is 8. The first-order chi connectivity index (χ1) is 15.3. The smallest absolute Gasteiger partial charge is 0.133 e. The van der Waals surface area contributed by atoms with E-state index in [0.29, 0.717) is 18.6 Å². The molecule has 32 heavy (non-hydrogen) atoms. The van der Waals surface area contributed by atoms with Crippen molar-refractivity contribution in [2.75, 3.05) is 0 Å². The Morgan fingerprint density at radius 1 is 1.12 bits per heavy atom. The molecule has 1 aliphatic carbocycles. The zero-order chi connectivity index (χ0) is 22.9. The van der Waals surface area contributed by atoms with Gasteiger partial charge in [-0.3, -0.25) is 0 Å². The predicted octanol–water partition coefficient (Wildman–Crippen LogP) is 4.00. The van der Waals surface area contributed by atoms with Gasteiger partial charge < -0.3 is 24.8 Å². The lowest BCUT2D eigenvalue weighted by atomic mass is 9.86. The van der Waals surface area contributed by atoms with Gasteiger partial charge in [0.15, 0.2) is 0 Å². The predicted molar refractivity (Wildman–Crippen MR) is 124 cm³/mol. The quantitative estimate of drug-likeness (QED) is 0.543. The molecule has 2 aromatic carbocycles. The number of aliphatic hydroxyl groups is 3. The highest BCUT2D eigenvalue weighted by Gasteiger charge is 2.49. The third-order valence-electron chi connectivity index (χ3n) is 6.67. The summed E-state index contributed by atoms with van der Waals surface area (Å²) in [5.41, 5.74) is 1.39. The zero-order valence-electron chi connectivity index (χ0n) is 19.0. The number of hydrogen-bond acceptors (Lipinski definition) is 5. The molecule has 5 nitrogen and oxygen atoms in total. The van der Waals surface area contributed by atoms with Crippen LogP contribution in [0.3, 0.4) is 0 Å². The Morgan fingerprint density at radius 2 is 1.88 bits per heavy atom. The van der Waals surface area contributed by atoms with Crippen LogP contribution in [0.25, 0.3) is 0 Å². The molecular formula is C27H34O5. The van der Waals surface area contributed by atoms with Gasteiger partial charge in [0.25, 0.3) is 0 Å². The van der Waals surface area contributed by atoms with Crippen molar-refractivity contribution in [1.29, 1.82) is 0 Å². The van der Waals surface area contributed by atoms with Gasteiger partial charge in [-0.1, -0.05) is 48.6 Å². The summed E-state index contributed by atoms with van der Waals surface area (Å²) in [5, 5.41) is 31.2. The number of benzene rings is 2. The maximum Gasteiger partial charge on any atom is 0.133 e. The molecule has 0 amide bonds. The summed E-state index contributed by atoms with van der Waals surface area (Å²) in [6.07, 6.45) is 3.88. The van der Waals surface area contributed by atoms with E-state index in [2.05, 4.69) is 12.1 Å². The number of aryl methyl sites for hydroxylation is 1. The fourth-order valence-electron chi connectivity index (χ4n) is 4.85. The third-order valence-corrected chi connectivity index (χ3v) is 6.67. The Hall–Kier alpha value is -2.34. The molecule has 2 aliphatic rings. The van der Waals surface area contributed by atoms with Crippen molar-refractivity contribution in [3.05, 3.63) is 71.8 Å². The summed E-state index contributed by atoms with van der Waals surface area (Å²) in [6.45, 7) is 5.50. The van der Waals surface area contributed by atoms with Crippen molar-refractivity contribution >= 4 is 0 Å². The van der Waals surface area contributed by atoms with Gasteiger partial charge in [0.05, 0.1) is 12.2 Å². The van der Waals surface area contributed by atoms with E-state index in [1.54, 1.807) is 13.0 Å². The monoisotopic (exact) mass is 438 g/mol. The second-order valence-electron chi connectivity index (χ2n) is 9.63. The van der Waals surface area contributed by atoms with Crippen molar-refractivity contribution in [2.24, 2.45) is 5.92 Å². The summed E-state index contributed by atoms with van der Waals surface area (Å²) in [4.78, 5) is 0.